The Labute approximate surface area is 202 Å². The summed E-state index contributed by atoms with van der Waals surface area (Å²) >= 11 is 6.55. The number of piperidine rings is 1. The lowest BCUT2D eigenvalue weighted by Crippen LogP contribution is -2.33. The number of hydrogen-bond donors (Lipinski definition) is 2. The predicted molar refractivity (Wildman–Crippen MR) is 139 cm³/mol. The van der Waals surface area contributed by atoms with Crippen molar-refractivity contribution in [1.82, 2.24) is 19.3 Å². The molecule has 33 heavy (non-hydrogen) atoms. The van der Waals surface area contributed by atoms with Crippen LogP contribution in [0, 0.1) is 5.92 Å². The number of benzene rings is 1. The maximum Gasteiger partial charge on any atom is 0.223 e. The molecule has 2 unspecified atom stereocenters. The van der Waals surface area contributed by atoms with E-state index in [2.05, 4.69) is 22.2 Å². The first-order valence-corrected chi connectivity index (χ1v) is 12.6. The van der Waals surface area contributed by atoms with Crippen LogP contribution in [-0.4, -0.2) is 37.8 Å². The Morgan fingerprint density at radius 3 is 3.03 bits per heavy atom. The molecule has 0 bridgehead atoms. The Hall–Kier alpha value is -2.74. The van der Waals surface area contributed by atoms with E-state index in [4.69, 9.17) is 16.6 Å². The van der Waals surface area contributed by atoms with Gasteiger partial charge < -0.3 is 10.6 Å². The lowest BCUT2D eigenvalue weighted by atomic mass is 10.00. The minimum Gasteiger partial charge on any atom is -0.354 e. The van der Waals surface area contributed by atoms with Gasteiger partial charge in [-0.3, -0.25) is 3.97 Å². The molecule has 3 heterocycles. The summed E-state index contributed by atoms with van der Waals surface area (Å²) in [5, 5.41) is 8.17. The molecule has 0 spiro atoms. The minimum atomic E-state index is -1.43. The number of hydrogen-bond acceptors (Lipinski definition) is 5. The number of fused-ring (bicyclic) bond motifs is 1. The first-order valence-electron chi connectivity index (χ1n) is 11.1. The quantitative estimate of drug-likeness (QED) is 0.426. The molecule has 0 amide bonds. The lowest BCUT2D eigenvalue weighted by molar-refractivity contribution is 0.392. The summed E-state index contributed by atoms with van der Waals surface area (Å²) in [7, 11) is -1.43. The summed E-state index contributed by atoms with van der Waals surface area (Å²) in [5.74, 6) is 1.09. The van der Waals surface area contributed by atoms with Crippen LogP contribution in [-0.2, 0) is 11.0 Å². The van der Waals surface area contributed by atoms with E-state index in [0.29, 0.717) is 27.5 Å². The maximum atomic E-state index is 13.4. The normalized spacial score (nSPS) is 18.0. The van der Waals surface area contributed by atoms with Gasteiger partial charge in [-0.05, 0) is 50.9 Å². The molecular weight excluding hydrogens is 454 g/mol. The average molecular weight is 482 g/mol. The van der Waals surface area contributed by atoms with Gasteiger partial charge in [0.05, 0.1) is 27.3 Å². The number of rotatable bonds is 8. The molecule has 1 fully saturated rings. The van der Waals surface area contributed by atoms with Crippen molar-refractivity contribution in [1.29, 1.82) is 0 Å². The van der Waals surface area contributed by atoms with Gasteiger partial charge in [-0.1, -0.05) is 54.6 Å². The zero-order valence-electron chi connectivity index (χ0n) is 18.6. The molecule has 1 saturated heterocycles. The van der Waals surface area contributed by atoms with Crippen LogP contribution in [0.25, 0.3) is 22.2 Å². The van der Waals surface area contributed by atoms with Crippen molar-refractivity contribution in [2.45, 2.75) is 19.8 Å². The molecule has 2 N–H and O–H groups in total. The van der Waals surface area contributed by atoms with Crippen molar-refractivity contribution in [2.75, 3.05) is 25.0 Å². The maximum absolute atomic E-state index is 13.4. The number of aromatic nitrogens is 3. The second-order valence-electron chi connectivity index (χ2n) is 7.90. The van der Waals surface area contributed by atoms with E-state index in [9.17, 15) is 4.21 Å². The standard InChI is InChI=1S/C25H28ClN5OS/c1-3-5-10-19(4-2)33(32)31-17-21(20-11-6-7-12-23(20)31)24-22(26)16-29-25(30-24)28-15-18-9-8-13-27-14-18/h3-7,10-12,16-18,27H,1,8-9,13-15H2,2H3,(H,28,29,30)/b10-5-,19-4+. The highest BCUT2D eigenvalue weighted by atomic mass is 35.5. The van der Waals surface area contributed by atoms with Gasteiger partial charge in [-0.25, -0.2) is 14.2 Å². The van der Waals surface area contributed by atoms with Crippen molar-refractivity contribution in [2.24, 2.45) is 5.92 Å². The topological polar surface area (TPSA) is 71.8 Å². The van der Waals surface area contributed by atoms with Gasteiger partial charge in [0.1, 0.15) is 0 Å². The highest BCUT2D eigenvalue weighted by molar-refractivity contribution is 7.87. The molecule has 4 rings (SSSR count). The summed E-state index contributed by atoms with van der Waals surface area (Å²) < 4.78 is 15.2. The SMILES string of the molecule is C=C/C=C\C(=C/C)S(=O)n1cc(-c2nc(NCC3CCCNC3)ncc2Cl)c2ccccc21. The first kappa shape index (κ1) is 23.4. The van der Waals surface area contributed by atoms with E-state index in [1.165, 1.54) is 12.8 Å². The third-order valence-corrected chi connectivity index (χ3v) is 7.40. The van der Waals surface area contributed by atoms with E-state index in [1.807, 2.05) is 43.5 Å². The fourth-order valence-corrected chi connectivity index (χ4v) is 5.34. The van der Waals surface area contributed by atoms with E-state index in [0.717, 1.165) is 36.1 Å². The lowest BCUT2D eigenvalue weighted by Gasteiger charge is -2.22. The largest absolute Gasteiger partial charge is 0.354 e. The number of allylic oxidation sites excluding steroid dienone is 4. The zero-order valence-corrected chi connectivity index (χ0v) is 20.2. The second kappa shape index (κ2) is 10.9. The van der Waals surface area contributed by atoms with Crippen LogP contribution in [0.15, 0.2) is 72.4 Å². The van der Waals surface area contributed by atoms with E-state index in [1.54, 1.807) is 28.4 Å². The highest BCUT2D eigenvalue weighted by Crippen LogP contribution is 2.35. The third kappa shape index (κ3) is 5.27. The molecule has 1 aromatic carbocycles. The van der Waals surface area contributed by atoms with Crippen LogP contribution in [0.2, 0.25) is 5.02 Å². The van der Waals surface area contributed by atoms with Crippen molar-refractivity contribution in [3.63, 3.8) is 0 Å². The Morgan fingerprint density at radius 2 is 2.27 bits per heavy atom. The van der Waals surface area contributed by atoms with E-state index < -0.39 is 11.0 Å². The Balaban J connectivity index is 1.70. The summed E-state index contributed by atoms with van der Waals surface area (Å²) in [6.07, 6.45) is 12.9. The smallest absolute Gasteiger partial charge is 0.223 e. The summed E-state index contributed by atoms with van der Waals surface area (Å²) in [5.41, 5.74) is 2.28. The van der Waals surface area contributed by atoms with Gasteiger partial charge in [-0.2, -0.15) is 0 Å². The molecule has 0 radical (unpaired) electrons. The molecule has 0 saturated carbocycles. The van der Waals surface area contributed by atoms with Gasteiger partial charge >= 0.3 is 0 Å². The van der Waals surface area contributed by atoms with Gasteiger partial charge in [0.15, 0.2) is 11.0 Å². The number of nitrogens with one attached hydrogen (secondary N) is 2. The zero-order chi connectivity index (χ0) is 23.2. The van der Waals surface area contributed by atoms with Crippen molar-refractivity contribution < 1.29 is 4.21 Å². The van der Waals surface area contributed by atoms with Crippen LogP contribution >= 0.6 is 11.6 Å². The van der Waals surface area contributed by atoms with Crippen LogP contribution < -0.4 is 10.6 Å². The fraction of sp³-hybridized carbons (Fsp3) is 0.280. The molecule has 2 atom stereocenters. The fourth-order valence-electron chi connectivity index (χ4n) is 3.98. The van der Waals surface area contributed by atoms with E-state index in [-0.39, 0.29) is 0 Å². The summed E-state index contributed by atoms with van der Waals surface area (Å²) in [4.78, 5) is 9.79. The van der Waals surface area contributed by atoms with Crippen LogP contribution in [0.5, 0.6) is 0 Å². The molecule has 172 valence electrons. The highest BCUT2D eigenvalue weighted by Gasteiger charge is 2.19. The molecule has 0 aliphatic carbocycles. The molecule has 2 aromatic heterocycles. The molecular formula is C25H28ClN5OS. The second-order valence-corrected chi connectivity index (χ2v) is 9.67. The van der Waals surface area contributed by atoms with Crippen LogP contribution in [0.1, 0.15) is 19.8 Å². The number of nitrogens with zero attached hydrogens (tertiary/aromatic N) is 3. The van der Waals surface area contributed by atoms with Crippen molar-refractivity contribution in [3.05, 3.63) is 77.5 Å². The molecule has 8 heteroatoms. The van der Waals surface area contributed by atoms with Gasteiger partial charge in [-0.15, -0.1) is 0 Å². The third-order valence-electron chi connectivity index (χ3n) is 5.69. The average Bonchev–Trinajstić information content (AvgIpc) is 3.24. The van der Waals surface area contributed by atoms with Crippen molar-refractivity contribution in [3.8, 4) is 11.3 Å². The van der Waals surface area contributed by atoms with Crippen LogP contribution in [0.3, 0.4) is 0 Å². The molecule has 1 aliphatic rings. The van der Waals surface area contributed by atoms with Crippen LogP contribution in [0.4, 0.5) is 5.95 Å². The van der Waals surface area contributed by atoms with E-state index >= 15 is 0 Å². The molecule has 3 aromatic rings. The first-order chi connectivity index (χ1) is 16.1. The predicted octanol–water partition coefficient (Wildman–Crippen LogP) is 5.32. The Morgan fingerprint density at radius 1 is 1.42 bits per heavy atom. The Kier molecular flexibility index (Phi) is 7.75. The summed E-state index contributed by atoms with van der Waals surface area (Å²) in [6, 6.07) is 7.83. The van der Waals surface area contributed by atoms with Gasteiger partial charge in [0.25, 0.3) is 0 Å². The number of halogens is 1. The van der Waals surface area contributed by atoms with Gasteiger partial charge in [0.2, 0.25) is 5.95 Å². The number of anilines is 1. The number of para-hydroxylation sites is 1. The monoisotopic (exact) mass is 481 g/mol. The Bertz CT molecular complexity index is 1230. The molecule has 6 nitrogen and oxygen atoms in total. The minimum absolute atomic E-state index is 0.450. The summed E-state index contributed by atoms with van der Waals surface area (Å²) in [6.45, 7) is 8.46. The van der Waals surface area contributed by atoms with Crippen molar-refractivity contribution >= 4 is 39.4 Å². The van der Waals surface area contributed by atoms with Gasteiger partial charge in [0, 0.05) is 23.7 Å². The molecule has 1 aliphatic heterocycles.